The number of pyridine rings is 1. The summed E-state index contributed by atoms with van der Waals surface area (Å²) in [6, 6.07) is 3.96. The van der Waals surface area contributed by atoms with Gasteiger partial charge in [0.25, 0.3) is 0 Å². The molecule has 0 spiro atoms. The minimum Gasteiger partial charge on any atom is -0.396 e. The van der Waals surface area contributed by atoms with E-state index in [1.165, 1.54) is 11.3 Å². The zero-order valence-electron chi connectivity index (χ0n) is 9.56. The van der Waals surface area contributed by atoms with Crippen molar-refractivity contribution in [2.24, 2.45) is 5.92 Å². The number of H-pyrrole nitrogens is 1. The van der Waals surface area contributed by atoms with E-state index < -0.39 is 0 Å². The Morgan fingerprint density at radius 3 is 2.94 bits per heavy atom. The normalized spacial score (nSPS) is 19.0. The second kappa shape index (κ2) is 4.30. The number of hydrogen-bond donors (Lipinski definition) is 2. The molecule has 17 heavy (non-hydrogen) atoms. The molecule has 1 atom stereocenters. The standard InChI is InChI=1S/C13H15N3O/c17-8-9-1-2-11-12(7-9)15-16-13(11)10-3-5-14-6-4-10/h3-6,9,17H,1-2,7-8H2,(H,15,16). The Bertz CT molecular complexity index is 507. The number of aromatic nitrogens is 3. The average molecular weight is 229 g/mol. The third kappa shape index (κ3) is 1.85. The van der Waals surface area contributed by atoms with Gasteiger partial charge in [0, 0.05) is 35.8 Å². The molecule has 4 heteroatoms. The first-order valence-corrected chi connectivity index (χ1v) is 5.96. The van der Waals surface area contributed by atoms with Crippen LogP contribution in [0.15, 0.2) is 24.5 Å². The van der Waals surface area contributed by atoms with E-state index in [0.717, 1.165) is 30.5 Å². The van der Waals surface area contributed by atoms with Crippen LogP contribution in [0.3, 0.4) is 0 Å². The van der Waals surface area contributed by atoms with E-state index in [1.54, 1.807) is 12.4 Å². The molecular formula is C13H15N3O. The maximum atomic E-state index is 9.20. The number of nitrogens with zero attached hydrogens (tertiary/aromatic N) is 2. The second-order valence-corrected chi connectivity index (χ2v) is 4.56. The number of aliphatic hydroxyl groups is 1. The lowest BCUT2D eigenvalue weighted by molar-refractivity contribution is 0.212. The number of fused-ring (bicyclic) bond motifs is 1. The summed E-state index contributed by atoms with van der Waals surface area (Å²) in [7, 11) is 0. The van der Waals surface area contributed by atoms with Gasteiger partial charge in [-0.15, -0.1) is 0 Å². The SMILES string of the molecule is OCC1CCc2c(-c3ccncc3)n[nH]c2C1. The topological polar surface area (TPSA) is 61.8 Å². The molecule has 0 saturated carbocycles. The van der Waals surface area contributed by atoms with Gasteiger partial charge < -0.3 is 5.11 Å². The zero-order chi connectivity index (χ0) is 11.7. The van der Waals surface area contributed by atoms with Gasteiger partial charge in [0.05, 0.1) is 5.69 Å². The molecule has 2 aromatic heterocycles. The number of hydrogen-bond acceptors (Lipinski definition) is 3. The smallest absolute Gasteiger partial charge is 0.0956 e. The van der Waals surface area contributed by atoms with Crippen molar-refractivity contribution in [3.8, 4) is 11.3 Å². The van der Waals surface area contributed by atoms with Crippen LogP contribution in [0.25, 0.3) is 11.3 Å². The highest BCUT2D eigenvalue weighted by Crippen LogP contribution is 2.31. The molecule has 0 saturated heterocycles. The minimum atomic E-state index is 0.267. The predicted octanol–water partition coefficient (Wildman–Crippen LogP) is 1.57. The highest BCUT2D eigenvalue weighted by Gasteiger charge is 2.23. The van der Waals surface area contributed by atoms with E-state index in [1.807, 2.05) is 12.1 Å². The first-order valence-electron chi connectivity index (χ1n) is 5.96. The fraction of sp³-hybridized carbons (Fsp3) is 0.385. The van der Waals surface area contributed by atoms with Gasteiger partial charge in [-0.2, -0.15) is 5.10 Å². The summed E-state index contributed by atoms with van der Waals surface area (Å²) in [5.41, 5.74) is 4.64. The van der Waals surface area contributed by atoms with Crippen LogP contribution in [0.1, 0.15) is 17.7 Å². The third-order valence-corrected chi connectivity index (χ3v) is 3.46. The molecule has 2 heterocycles. The van der Waals surface area contributed by atoms with Crippen LogP contribution in [0.4, 0.5) is 0 Å². The van der Waals surface area contributed by atoms with Crippen LogP contribution in [0.2, 0.25) is 0 Å². The van der Waals surface area contributed by atoms with Crippen molar-refractivity contribution in [2.45, 2.75) is 19.3 Å². The summed E-state index contributed by atoms with van der Waals surface area (Å²) in [5, 5.41) is 16.7. The lowest BCUT2D eigenvalue weighted by Gasteiger charge is -2.19. The van der Waals surface area contributed by atoms with Crippen molar-refractivity contribution in [2.75, 3.05) is 6.61 Å². The molecule has 3 rings (SSSR count). The van der Waals surface area contributed by atoms with E-state index in [4.69, 9.17) is 0 Å². The van der Waals surface area contributed by atoms with E-state index in [9.17, 15) is 5.11 Å². The summed E-state index contributed by atoms with van der Waals surface area (Å²) in [5.74, 6) is 0.383. The van der Waals surface area contributed by atoms with Crippen LogP contribution < -0.4 is 0 Å². The fourth-order valence-corrected chi connectivity index (χ4v) is 2.48. The zero-order valence-corrected chi connectivity index (χ0v) is 9.56. The first-order chi connectivity index (χ1) is 8.38. The Morgan fingerprint density at radius 1 is 1.35 bits per heavy atom. The quantitative estimate of drug-likeness (QED) is 0.821. The van der Waals surface area contributed by atoms with Crippen molar-refractivity contribution in [1.29, 1.82) is 0 Å². The highest BCUT2D eigenvalue weighted by molar-refractivity contribution is 5.63. The maximum absolute atomic E-state index is 9.20. The van der Waals surface area contributed by atoms with Gasteiger partial charge in [-0.3, -0.25) is 10.1 Å². The minimum absolute atomic E-state index is 0.267. The van der Waals surface area contributed by atoms with Gasteiger partial charge in [0.15, 0.2) is 0 Å². The Kier molecular flexibility index (Phi) is 2.65. The van der Waals surface area contributed by atoms with E-state index in [2.05, 4.69) is 15.2 Å². The van der Waals surface area contributed by atoms with Crippen LogP contribution in [-0.4, -0.2) is 26.9 Å². The Morgan fingerprint density at radius 2 is 2.18 bits per heavy atom. The molecule has 4 nitrogen and oxygen atoms in total. The third-order valence-electron chi connectivity index (χ3n) is 3.46. The van der Waals surface area contributed by atoms with Gasteiger partial charge in [-0.1, -0.05) is 0 Å². The summed E-state index contributed by atoms with van der Waals surface area (Å²) >= 11 is 0. The van der Waals surface area contributed by atoms with Gasteiger partial charge in [0.1, 0.15) is 0 Å². The summed E-state index contributed by atoms with van der Waals surface area (Å²) in [6.45, 7) is 0.267. The van der Waals surface area contributed by atoms with E-state index in [0.29, 0.717) is 5.92 Å². The number of aliphatic hydroxyl groups excluding tert-OH is 1. The van der Waals surface area contributed by atoms with Crippen LogP contribution in [-0.2, 0) is 12.8 Å². The summed E-state index contributed by atoms with van der Waals surface area (Å²) < 4.78 is 0. The molecular weight excluding hydrogens is 214 g/mol. The number of rotatable bonds is 2. The van der Waals surface area contributed by atoms with Crippen LogP contribution in [0, 0.1) is 5.92 Å². The summed E-state index contributed by atoms with van der Waals surface area (Å²) in [6.07, 6.45) is 6.52. The number of aromatic amines is 1. The molecule has 0 aromatic carbocycles. The Labute approximate surface area is 99.7 Å². The predicted molar refractivity (Wildman–Crippen MR) is 64.4 cm³/mol. The molecule has 0 bridgehead atoms. The molecule has 2 N–H and O–H groups in total. The van der Waals surface area contributed by atoms with E-state index in [-0.39, 0.29) is 6.61 Å². The molecule has 0 fully saturated rings. The van der Waals surface area contributed by atoms with Crippen molar-refractivity contribution in [3.05, 3.63) is 35.8 Å². The van der Waals surface area contributed by atoms with Crippen molar-refractivity contribution < 1.29 is 5.11 Å². The fourth-order valence-electron chi connectivity index (χ4n) is 2.48. The maximum Gasteiger partial charge on any atom is 0.0956 e. The Balaban J connectivity index is 1.97. The second-order valence-electron chi connectivity index (χ2n) is 4.56. The summed E-state index contributed by atoms with van der Waals surface area (Å²) in [4.78, 5) is 4.02. The van der Waals surface area contributed by atoms with E-state index >= 15 is 0 Å². The first kappa shape index (κ1) is 10.5. The molecule has 0 aliphatic heterocycles. The molecule has 1 aliphatic carbocycles. The highest BCUT2D eigenvalue weighted by atomic mass is 16.3. The van der Waals surface area contributed by atoms with Gasteiger partial charge in [-0.05, 0) is 37.3 Å². The van der Waals surface area contributed by atoms with Crippen molar-refractivity contribution >= 4 is 0 Å². The van der Waals surface area contributed by atoms with Gasteiger partial charge in [0.2, 0.25) is 0 Å². The van der Waals surface area contributed by atoms with Crippen molar-refractivity contribution in [1.82, 2.24) is 15.2 Å². The monoisotopic (exact) mass is 229 g/mol. The average Bonchev–Trinajstić information content (AvgIpc) is 2.82. The molecule has 0 radical (unpaired) electrons. The van der Waals surface area contributed by atoms with Crippen LogP contribution in [0.5, 0.6) is 0 Å². The Hall–Kier alpha value is -1.68. The van der Waals surface area contributed by atoms with Gasteiger partial charge >= 0.3 is 0 Å². The molecule has 2 aromatic rings. The molecule has 1 aliphatic rings. The lowest BCUT2D eigenvalue weighted by Crippen LogP contribution is -2.17. The lowest BCUT2D eigenvalue weighted by atomic mass is 9.86. The molecule has 1 unspecified atom stereocenters. The molecule has 0 amide bonds. The molecule has 88 valence electrons. The van der Waals surface area contributed by atoms with Crippen LogP contribution >= 0.6 is 0 Å². The van der Waals surface area contributed by atoms with Crippen molar-refractivity contribution in [3.63, 3.8) is 0 Å². The largest absolute Gasteiger partial charge is 0.396 e. The van der Waals surface area contributed by atoms with Gasteiger partial charge in [-0.25, -0.2) is 0 Å². The number of nitrogens with one attached hydrogen (secondary N) is 1.